The van der Waals surface area contributed by atoms with Crippen molar-refractivity contribution in [3.63, 3.8) is 0 Å². The lowest BCUT2D eigenvalue weighted by atomic mass is 10.2. The molecule has 2 heterocycles. The average Bonchev–Trinajstić information content (AvgIpc) is 2.57. The van der Waals surface area contributed by atoms with Gasteiger partial charge in [0.2, 0.25) is 0 Å². The van der Waals surface area contributed by atoms with Crippen molar-refractivity contribution in [2.45, 2.75) is 6.92 Å². The summed E-state index contributed by atoms with van der Waals surface area (Å²) in [7, 11) is 1.72. The summed E-state index contributed by atoms with van der Waals surface area (Å²) in [5, 5.41) is 6.83. The molecule has 1 amide bonds. The van der Waals surface area contributed by atoms with Crippen LogP contribution >= 0.6 is 0 Å². The largest absolute Gasteiger partial charge is 0.394 e. The zero-order chi connectivity index (χ0) is 12.4. The third-order valence-electron chi connectivity index (χ3n) is 2.42. The number of rotatable bonds is 2. The Morgan fingerprint density at radius 2 is 2.29 bits per heavy atom. The van der Waals surface area contributed by atoms with E-state index >= 15 is 0 Å². The fourth-order valence-electron chi connectivity index (χ4n) is 1.50. The molecule has 0 saturated carbocycles. The Bertz CT molecular complexity index is 546. The van der Waals surface area contributed by atoms with Crippen molar-refractivity contribution >= 4 is 17.4 Å². The number of aromatic nitrogens is 3. The molecule has 88 valence electrons. The number of nitrogen functional groups attached to an aromatic ring is 1. The van der Waals surface area contributed by atoms with Gasteiger partial charge in [0.1, 0.15) is 0 Å². The lowest BCUT2D eigenvalue weighted by molar-refractivity contribution is 0.102. The van der Waals surface area contributed by atoms with Gasteiger partial charge in [-0.25, -0.2) is 0 Å². The molecular formula is C11H13N5O. The zero-order valence-corrected chi connectivity index (χ0v) is 9.64. The van der Waals surface area contributed by atoms with E-state index in [2.05, 4.69) is 15.4 Å². The van der Waals surface area contributed by atoms with Crippen LogP contribution in [0.2, 0.25) is 0 Å². The van der Waals surface area contributed by atoms with Crippen LogP contribution in [0.1, 0.15) is 16.1 Å². The summed E-state index contributed by atoms with van der Waals surface area (Å²) in [5.74, 6) is 0.240. The topological polar surface area (TPSA) is 85.8 Å². The van der Waals surface area contributed by atoms with E-state index in [4.69, 9.17) is 5.73 Å². The fourth-order valence-corrected chi connectivity index (χ4v) is 1.50. The first-order chi connectivity index (χ1) is 8.09. The first kappa shape index (κ1) is 11.1. The van der Waals surface area contributed by atoms with Gasteiger partial charge in [0.15, 0.2) is 5.82 Å². The van der Waals surface area contributed by atoms with Crippen LogP contribution in [-0.4, -0.2) is 20.7 Å². The quantitative estimate of drug-likeness (QED) is 0.806. The molecule has 6 nitrogen and oxygen atoms in total. The summed E-state index contributed by atoms with van der Waals surface area (Å²) >= 11 is 0. The van der Waals surface area contributed by atoms with E-state index in [9.17, 15) is 4.79 Å². The third-order valence-corrected chi connectivity index (χ3v) is 2.42. The summed E-state index contributed by atoms with van der Waals surface area (Å²) in [4.78, 5) is 15.8. The molecule has 17 heavy (non-hydrogen) atoms. The standard InChI is InChI=1S/C11H13N5O/c1-7-9(12)10(16(2)15-7)14-11(17)8-4-3-5-13-6-8/h3-6H,12H2,1-2H3,(H,14,17). The molecule has 0 aliphatic heterocycles. The molecule has 0 radical (unpaired) electrons. The first-order valence-corrected chi connectivity index (χ1v) is 5.10. The number of anilines is 2. The molecule has 6 heteroatoms. The van der Waals surface area contributed by atoms with Crippen molar-refractivity contribution in [2.75, 3.05) is 11.1 Å². The van der Waals surface area contributed by atoms with E-state index in [1.54, 1.807) is 37.0 Å². The molecule has 0 aliphatic rings. The zero-order valence-electron chi connectivity index (χ0n) is 9.64. The maximum atomic E-state index is 11.9. The Kier molecular flexibility index (Phi) is 2.78. The van der Waals surface area contributed by atoms with Gasteiger partial charge in [0.05, 0.1) is 16.9 Å². The summed E-state index contributed by atoms with van der Waals surface area (Å²) in [5.41, 5.74) is 7.46. The summed E-state index contributed by atoms with van der Waals surface area (Å²) in [6.07, 6.45) is 3.11. The minimum Gasteiger partial charge on any atom is -0.394 e. The molecule has 0 aliphatic carbocycles. The second-order valence-corrected chi connectivity index (χ2v) is 3.67. The first-order valence-electron chi connectivity index (χ1n) is 5.10. The highest BCUT2D eigenvalue weighted by molar-refractivity contribution is 6.05. The van der Waals surface area contributed by atoms with Gasteiger partial charge < -0.3 is 11.1 Å². The van der Waals surface area contributed by atoms with Crippen LogP contribution < -0.4 is 11.1 Å². The Hall–Kier alpha value is -2.37. The number of aryl methyl sites for hydroxylation is 2. The van der Waals surface area contributed by atoms with Gasteiger partial charge in [0, 0.05) is 19.4 Å². The van der Waals surface area contributed by atoms with Crippen LogP contribution in [0.15, 0.2) is 24.5 Å². The van der Waals surface area contributed by atoms with E-state index in [0.717, 1.165) is 0 Å². The summed E-state index contributed by atoms with van der Waals surface area (Å²) in [6.45, 7) is 1.79. The number of pyridine rings is 1. The maximum Gasteiger partial charge on any atom is 0.258 e. The molecule has 3 N–H and O–H groups in total. The normalized spacial score (nSPS) is 10.2. The van der Waals surface area contributed by atoms with Crippen molar-refractivity contribution in [3.8, 4) is 0 Å². The summed E-state index contributed by atoms with van der Waals surface area (Å²) < 4.78 is 1.54. The molecule has 0 saturated heterocycles. The SMILES string of the molecule is Cc1nn(C)c(NC(=O)c2cccnc2)c1N. The van der Waals surface area contributed by atoms with Crippen molar-refractivity contribution < 1.29 is 4.79 Å². The van der Waals surface area contributed by atoms with E-state index in [0.29, 0.717) is 22.8 Å². The van der Waals surface area contributed by atoms with E-state index in [1.807, 2.05) is 0 Å². The lowest BCUT2D eigenvalue weighted by Gasteiger charge is -2.05. The number of nitrogens with zero attached hydrogens (tertiary/aromatic N) is 3. The molecule has 0 unspecified atom stereocenters. The maximum absolute atomic E-state index is 11.9. The molecule has 2 rings (SSSR count). The van der Waals surface area contributed by atoms with Gasteiger partial charge in [-0.2, -0.15) is 5.10 Å². The predicted molar refractivity (Wildman–Crippen MR) is 64.5 cm³/mol. The summed E-state index contributed by atoms with van der Waals surface area (Å²) in [6, 6.07) is 3.38. The van der Waals surface area contributed by atoms with E-state index in [-0.39, 0.29) is 5.91 Å². The number of hydrogen-bond donors (Lipinski definition) is 2. The second-order valence-electron chi connectivity index (χ2n) is 3.67. The molecule has 0 spiro atoms. The number of amides is 1. The smallest absolute Gasteiger partial charge is 0.258 e. The van der Waals surface area contributed by atoms with Crippen LogP contribution in [0, 0.1) is 6.92 Å². The number of nitrogens with one attached hydrogen (secondary N) is 1. The Morgan fingerprint density at radius 1 is 1.53 bits per heavy atom. The minimum absolute atomic E-state index is 0.257. The van der Waals surface area contributed by atoms with Crippen LogP contribution in [0.4, 0.5) is 11.5 Å². The monoisotopic (exact) mass is 231 g/mol. The van der Waals surface area contributed by atoms with Gasteiger partial charge in [-0.3, -0.25) is 14.5 Å². The van der Waals surface area contributed by atoms with Gasteiger partial charge in [0.25, 0.3) is 5.91 Å². The predicted octanol–water partition coefficient (Wildman–Crippen LogP) is 0.958. The highest BCUT2D eigenvalue weighted by Gasteiger charge is 2.13. The lowest BCUT2D eigenvalue weighted by Crippen LogP contribution is -2.15. The molecule has 0 fully saturated rings. The average molecular weight is 231 g/mol. The second kappa shape index (κ2) is 4.25. The van der Waals surface area contributed by atoms with Gasteiger partial charge in [-0.05, 0) is 19.1 Å². The van der Waals surface area contributed by atoms with Crippen molar-refractivity contribution in [2.24, 2.45) is 7.05 Å². The van der Waals surface area contributed by atoms with Crippen LogP contribution in [0.3, 0.4) is 0 Å². The molecular weight excluding hydrogens is 218 g/mol. The third kappa shape index (κ3) is 2.10. The highest BCUT2D eigenvalue weighted by atomic mass is 16.1. The molecule has 2 aromatic heterocycles. The number of carbonyl (C=O) groups is 1. The van der Waals surface area contributed by atoms with Gasteiger partial charge in [-0.15, -0.1) is 0 Å². The van der Waals surface area contributed by atoms with Gasteiger partial charge in [-0.1, -0.05) is 0 Å². The molecule has 0 aromatic carbocycles. The van der Waals surface area contributed by atoms with Crippen molar-refractivity contribution in [3.05, 3.63) is 35.8 Å². The van der Waals surface area contributed by atoms with Crippen LogP contribution in [-0.2, 0) is 7.05 Å². The van der Waals surface area contributed by atoms with Gasteiger partial charge >= 0.3 is 0 Å². The van der Waals surface area contributed by atoms with Crippen molar-refractivity contribution in [1.82, 2.24) is 14.8 Å². The minimum atomic E-state index is -0.257. The van der Waals surface area contributed by atoms with Crippen molar-refractivity contribution in [1.29, 1.82) is 0 Å². The molecule has 2 aromatic rings. The Morgan fingerprint density at radius 3 is 2.82 bits per heavy atom. The number of nitrogens with two attached hydrogens (primary N) is 1. The van der Waals surface area contributed by atoms with Crippen LogP contribution in [0.5, 0.6) is 0 Å². The number of hydrogen-bond acceptors (Lipinski definition) is 4. The van der Waals surface area contributed by atoms with E-state index in [1.165, 1.54) is 6.20 Å². The number of carbonyl (C=O) groups excluding carboxylic acids is 1. The Balaban J connectivity index is 2.25. The van der Waals surface area contributed by atoms with Crippen LogP contribution in [0.25, 0.3) is 0 Å². The van der Waals surface area contributed by atoms with E-state index < -0.39 is 0 Å². The fraction of sp³-hybridized carbons (Fsp3) is 0.182. The molecule has 0 atom stereocenters. The molecule has 0 bridgehead atoms. The highest BCUT2D eigenvalue weighted by Crippen LogP contribution is 2.21. The Labute approximate surface area is 98.5 Å².